The van der Waals surface area contributed by atoms with E-state index in [0.29, 0.717) is 5.41 Å². The first-order valence-electron chi connectivity index (χ1n) is 8.05. The van der Waals surface area contributed by atoms with Crippen molar-refractivity contribution in [3.8, 4) is 0 Å². The van der Waals surface area contributed by atoms with E-state index in [1.807, 2.05) is 0 Å². The number of hydrogen-bond donors (Lipinski definition) is 2. The Morgan fingerprint density at radius 1 is 1.47 bits per heavy atom. The molecule has 0 saturated heterocycles. The van der Waals surface area contributed by atoms with Gasteiger partial charge in [0.05, 0.1) is 6.61 Å². The van der Waals surface area contributed by atoms with Gasteiger partial charge in [0.25, 0.3) is 0 Å². The van der Waals surface area contributed by atoms with E-state index >= 15 is 0 Å². The van der Waals surface area contributed by atoms with Crippen LogP contribution in [0.5, 0.6) is 0 Å². The van der Waals surface area contributed by atoms with Crippen molar-refractivity contribution in [2.24, 2.45) is 11.3 Å². The predicted octanol–water partition coefficient (Wildman–Crippen LogP) is 2.50. The third-order valence-corrected chi connectivity index (χ3v) is 4.71. The van der Waals surface area contributed by atoms with Crippen molar-refractivity contribution >= 4 is 0 Å². The van der Waals surface area contributed by atoms with Crippen LogP contribution in [-0.4, -0.2) is 49.3 Å². The van der Waals surface area contributed by atoms with Crippen LogP contribution in [0.25, 0.3) is 0 Å². The maximum absolute atomic E-state index is 9.33. The molecular formula is C16H34N2O. The SMILES string of the molecule is CCCNCC1(CN(C)C(C)CO)CCCC(C)C1. The van der Waals surface area contributed by atoms with Gasteiger partial charge in [-0.3, -0.25) is 0 Å². The summed E-state index contributed by atoms with van der Waals surface area (Å²) in [6, 6.07) is 0.264. The molecule has 0 bridgehead atoms. The molecule has 3 unspecified atom stereocenters. The molecule has 1 rings (SSSR count). The Hall–Kier alpha value is -0.120. The quantitative estimate of drug-likeness (QED) is 0.665. The maximum atomic E-state index is 9.33. The third kappa shape index (κ3) is 5.41. The van der Waals surface area contributed by atoms with Crippen LogP contribution >= 0.6 is 0 Å². The largest absolute Gasteiger partial charge is 0.395 e. The second-order valence-electron chi connectivity index (χ2n) is 6.83. The summed E-state index contributed by atoms with van der Waals surface area (Å²) in [5, 5.41) is 13.0. The normalized spacial score (nSPS) is 29.7. The number of nitrogens with zero attached hydrogens (tertiary/aromatic N) is 1. The van der Waals surface area contributed by atoms with Gasteiger partial charge in [-0.1, -0.05) is 26.7 Å². The van der Waals surface area contributed by atoms with Crippen molar-refractivity contribution < 1.29 is 5.11 Å². The van der Waals surface area contributed by atoms with E-state index in [4.69, 9.17) is 0 Å². The van der Waals surface area contributed by atoms with Gasteiger partial charge >= 0.3 is 0 Å². The first-order chi connectivity index (χ1) is 9.03. The van der Waals surface area contributed by atoms with Gasteiger partial charge in [0.1, 0.15) is 0 Å². The van der Waals surface area contributed by atoms with Gasteiger partial charge in [-0.25, -0.2) is 0 Å². The van der Waals surface area contributed by atoms with Crippen LogP contribution in [0.2, 0.25) is 0 Å². The molecule has 0 spiro atoms. The highest BCUT2D eigenvalue weighted by Crippen LogP contribution is 2.39. The molecule has 1 saturated carbocycles. The minimum Gasteiger partial charge on any atom is -0.395 e. The number of nitrogens with one attached hydrogen (secondary N) is 1. The van der Waals surface area contributed by atoms with E-state index in [1.54, 1.807) is 0 Å². The lowest BCUT2D eigenvalue weighted by Crippen LogP contribution is -2.48. The number of rotatable bonds is 8. The van der Waals surface area contributed by atoms with Gasteiger partial charge < -0.3 is 15.3 Å². The second kappa shape index (κ2) is 8.23. The van der Waals surface area contributed by atoms with Crippen molar-refractivity contribution in [2.75, 3.05) is 33.3 Å². The average molecular weight is 270 g/mol. The Morgan fingerprint density at radius 2 is 2.21 bits per heavy atom. The van der Waals surface area contributed by atoms with Crippen molar-refractivity contribution in [2.45, 2.75) is 58.9 Å². The fourth-order valence-corrected chi connectivity index (χ4v) is 3.48. The average Bonchev–Trinajstić information content (AvgIpc) is 2.38. The fraction of sp³-hybridized carbons (Fsp3) is 1.00. The molecule has 3 atom stereocenters. The highest BCUT2D eigenvalue weighted by molar-refractivity contribution is 4.90. The summed E-state index contributed by atoms with van der Waals surface area (Å²) >= 11 is 0. The first-order valence-corrected chi connectivity index (χ1v) is 8.05. The minimum absolute atomic E-state index is 0.254. The van der Waals surface area contributed by atoms with Crippen LogP contribution in [0.15, 0.2) is 0 Å². The number of aliphatic hydroxyl groups excluding tert-OH is 1. The van der Waals surface area contributed by atoms with Crippen LogP contribution in [0, 0.1) is 11.3 Å². The van der Waals surface area contributed by atoms with Crippen LogP contribution in [0.3, 0.4) is 0 Å². The zero-order valence-corrected chi connectivity index (χ0v) is 13.4. The molecule has 0 aromatic carbocycles. The Morgan fingerprint density at radius 3 is 2.79 bits per heavy atom. The van der Waals surface area contributed by atoms with Gasteiger partial charge in [0, 0.05) is 19.1 Å². The third-order valence-electron chi connectivity index (χ3n) is 4.71. The molecule has 3 heteroatoms. The van der Waals surface area contributed by atoms with Gasteiger partial charge in [0.15, 0.2) is 0 Å². The molecule has 1 fully saturated rings. The topological polar surface area (TPSA) is 35.5 Å². The van der Waals surface area contributed by atoms with Crippen LogP contribution < -0.4 is 5.32 Å². The molecule has 114 valence electrons. The molecule has 0 radical (unpaired) electrons. The van der Waals surface area contributed by atoms with Crippen molar-refractivity contribution in [3.05, 3.63) is 0 Å². The molecule has 2 N–H and O–H groups in total. The number of aliphatic hydroxyl groups is 1. The first kappa shape index (κ1) is 16.9. The Balaban J connectivity index is 2.62. The minimum atomic E-state index is 0.254. The summed E-state index contributed by atoms with van der Waals surface area (Å²) in [6.45, 7) is 10.3. The lowest BCUT2D eigenvalue weighted by atomic mass is 9.69. The zero-order chi connectivity index (χ0) is 14.3. The van der Waals surface area contributed by atoms with Gasteiger partial charge in [0.2, 0.25) is 0 Å². The predicted molar refractivity (Wildman–Crippen MR) is 82.4 cm³/mol. The summed E-state index contributed by atoms with van der Waals surface area (Å²) < 4.78 is 0. The van der Waals surface area contributed by atoms with Gasteiger partial charge in [-0.15, -0.1) is 0 Å². The van der Waals surface area contributed by atoms with E-state index in [0.717, 1.165) is 25.6 Å². The number of likely N-dealkylation sites (N-methyl/N-ethyl adjacent to an activating group) is 1. The lowest BCUT2D eigenvalue weighted by Gasteiger charge is -2.44. The molecule has 0 aromatic rings. The van der Waals surface area contributed by atoms with Crippen molar-refractivity contribution in [1.29, 1.82) is 0 Å². The maximum Gasteiger partial charge on any atom is 0.0584 e. The lowest BCUT2D eigenvalue weighted by molar-refractivity contribution is 0.0599. The van der Waals surface area contributed by atoms with Crippen molar-refractivity contribution in [3.63, 3.8) is 0 Å². The Labute approximate surface area is 119 Å². The standard InChI is InChI=1S/C16H34N2O/c1-5-9-17-12-16(8-6-7-14(2)10-16)13-18(4)15(3)11-19/h14-15,17,19H,5-13H2,1-4H3. The monoisotopic (exact) mass is 270 g/mol. The second-order valence-corrected chi connectivity index (χ2v) is 6.83. The molecule has 0 aliphatic heterocycles. The van der Waals surface area contributed by atoms with Crippen LogP contribution in [0.1, 0.15) is 52.9 Å². The molecule has 0 heterocycles. The molecule has 1 aliphatic carbocycles. The number of hydrogen-bond acceptors (Lipinski definition) is 3. The van der Waals surface area contributed by atoms with Crippen LogP contribution in [0.4, 0.5) is 0 Å². The summed E-state index contributed by atoms with van der Waals surface area (Å²) in [5.41, 5.74) is 0.408. The molecule has 0 aromatic heterocycles. The molecule has 0 amide bonds. The van der Waals surface area contributed by atoms with E-state index in [1.165, 1.54) is 32.1 Å². The highest BCUT2D eigenvalue weighted by atomic mass is 16.3. The molecule has 19 heavy (non-hydrogen) atoms. The van der Waals surface area contributed by atoms with E-state index < -0.39 is 0 Å². The van der Waals surface area contributed by atoms with Gasteiger partial charge in [-0.05, 0) is 51.1 Å². The summed E-state index contributed by atoms with van der Waals surface area (Å²) in [7, 11) is 2.15. The van der Waals surface area contributed by atoms with Gasteiger partial charge in [-0.2, -0.15) is 0 Å². The smallest absolute Gasteiger partial charge is 0.0584 e. The Bertz CT molecular complexity index is 247. The Kier molecular flexibility index (Phi) is 7.33. The highest BCUT2D eigenvalue weighted by Gasteiger charge is 2.36. The summed E-state index contributed by atoms with van der Waals surface area (Å²) in [6.07, 6.45) is 6.60. The molecule has 3 nitrogen and oxygen atoms in total. The summed E-state index contributed by atoms with van der Waals surface area (Å²) in [4.78, 5) is 2.34. The fourth-order valence-electron chi connectivity index (χ4n) is 3.48. The van der Waals surface area contributed by atoms with E-state index in [9.17, 15) is 5.11 Å². The van der Waals surface area contributed by atoms with Crippen LogP contribution in [-0.2, 0) is 0 Å². The molecule has 1 aliphatic rings. The van der Waals surface area contributed by atoms with E-state index in [-0.39, 0.29) is 12.6 Å². The van der Waals surface area contributed by atoms with Crippen molar-refractivity contribution in [1.82, 2.24) is 10.2 Å². The summed E-state index contributed by atoms with van der Waals surface area (Å²) in [5.74, 6) is 0.843. The zero-order valence-electron chi connectivity index (χ0n) is 13.4. The van der Waals surface area contributed by atoms with E-state index in [2.05, 4.69) is 38.0 Å². The molecular weight excluding hydrogens is 236 g/mol.